The smallest absolute Gasteiger partial charge is 0.338 e. The molecule has 176 valence electrons. The van der Waals surface area contributed by atoms with E-state index in [0.717, 1.165) is 29.8 Å². The van der Waals surface area contributed by atoms with Gasteiger partial charge in [0, 0.05) is 24.3 Å². The number of para-hydroxylation sites is 1. The first-order valence-electron chi connectivity index (χ1n) is 12.1. The predicted octanol–water partition coefficient (Wildman–Crippen LogP) is 5.30. The molecule has 4 rings (SSSR count). The number of hydrogen-bond acceptors (Lipinski definition) is 4. The number of benzene rings is 3. The number of nitrogens with one attached hydrogen (secondary N) is 1. The van der Waals surface area contributed by atoms with Gasteiger partial charge in [-0.3, -0.25) is 4.79 Å². The van der Waals surface area contributed by atoms with E-state index in [4.69, 9.17) is 4.74 Å². The minimum Gasteiger partial charge on any atom is -0.462 e. The van der Waals surface area contributed by atoms with Crippen molar-refractivity contribution in [1.82, 2.24) is 5.32 Å². The van der Waals surface area contributed by atoms with E-state index in [-0.39, 0.29) is 24.3 Å². The number of nitrogens with zero attached hydrogens (tertiary/aromatic N) is 1. The molecule has 5 nitrogen and oxygen atoms in total. The summed E-state index contributed by atoms with van der Waals surface area (Å²) in [5.74, 6) is -0.414. The Morgan fingerprint density at radius 3 is 2.26 bits per heavy atom. The van der Waals surface area contributed by atoms with Crippen molar-refractivity contribution in [3.8, 4) is 0 Å². The van der Waals surface area contributed by atoms with Crippen molar-refractivity contribution in [2.75, 3.05) is 24.6 Å². The molecule has 3 aromatic carbocycles. The van der Waals surface area contributed by atoms with Crippen LogP contribution in [0, 0.1) is 0 Å². The summed E-state index contributed by atoms with van der Waals surface area (Å²) in [6.07, 6.45) is 3.89. The van der Waals surface area contributed by atoms with E-state index >= 15 is 0 Å². The first-order chi connectivity index (χ1) is 16.7. The molecule has 1 unspecified atom stereocenters. The molecule has 1 heterocycles. The summed E-state index contributed by atoms with van der Waals surface area (Å²) in [4.78, 5) is 27.5. The standard InChI is InChI=1S/C29H32N2O3/c1-2-34-29(33)24-17-15-22(16-18-24)21-27(32)30-28(23-11-5-3-6-12-23)25-13-7-8-14-26(25)31-19-9-4-10-20-31/h3,5-8,11-18,28H,2,4,9-10,19-21H2,1H3,(H,30,32). The average molecular weight is 457 g/mol. The van der Waals surface area contributed by atoms with E-state index in [1.54, 1.807) is 19.1 Å². The van der Waals surface area contributed by atoms with E-state index < -0.39 is 0 Å². The summed E-state index contributed by atoms with van der Waals surface area (Å²) >= 11 is 0. The van der Waals surface area contributed by atoms with Gasteiger partial charge < -0.3 is 15.0 Å². The highest BCUT2D eigenvalue weighted by Crippen LogP contribution is 2.32. The molecular weight excluding hydrogens is 424 g/mol. The highest BCUT2D eigenvalue weighted by molar-refractivity contribution is 5.89. The molecule has 1 saturated heterocycles. The normalized spacial score (nSPS) is 14.3. The molecule has 1 aliphatic heterocycles. The van der Waals surface area contributed by atoms with Gasteiger partial charge in [-0.25, -0.2) is 4.79 Å². The van der Waals surface area contributed by atoms with Crippen LogP contribution in [0.15, 0.2) is 78.9 Å². The Hall–Kier alpha value is -3.60. The maximum Gasteiger partial charge on any atom is 0.338 e. The molecule has 1 atom stereocenters. The first kappa shape index (κ1) is 23.6. The summed E-state index contributed by atoms with van der Waals surface area (Å²) < 4.78 is 5.04. The molecule has 1 amide bonds. The van der Waals surface area contributed by atoms with Crippen LogP contribution in [0.5, 0.6) is 0 Å². The van der Waals surface area contributed by atoms with Crippen molar-refractivity contribution in [3.05, 3.63) is 101 Å². The van der Waals surface area contributed by atoms with Gasteiger partial charge in [0.05, 0.1) is 24.6 Å². The monoisotopic (exact) mass is 456 g/mol. The summed E-state index contributed by atoms with van der Waals surface area (Å²) in [6, 6.07) is 25.3. The number of anilines is 1. The summed E-state index contributed by atoms with van der Waals surface area (Å²) in [5.41, 5.74) is 4.69. The third-order valence-electron chi connectivity index (χ3n) is 6.21. The minimum atomic E-state index is -0.350. The van der Waals surface area contributed by atoms with Gasteiger partial charge in [-0.1, -0.05) is 60.7 Å². The maximum atomic E-state index is 13.2. The molecule has 5 heteroatoms. The fraction of sp³-hybridized carbons (Fsp3) is 0.310. The minimum absolute atomic E-state index is 0.0637. The number of esters is 1. The molecule has 1 N–H and O–H groups in total. The fourth-order valence-electron chi connectivity index (χ4n) is 4.51. The molecule has 1 fully saturated rings. The molecule has 0 saturated carbocycles. The summed E-state index contributed by atoms with van der Waals surface area (Å²) in [6.45, 7) is 4.20. The Bertz CT molecular complexity index is 1090. The van der Waals surface area contributed by atoms with Gasteiger partial charge in [0.15, 0.2) is 0 Å². The van der Waals surface area contributed by atoms with Crippen molar-refractivity contribution in [2.24, 2.45) is 0 Å². The number of piperidine rings is 1. The SMILES string of the molecule is CCOC(=O)c1ccc(CC(=O)NC(c2ccccc2)c2ccccc2N2CCCCC2)cc1. The van der Waals surface area contributed by atoms with Crippen LogP contribution in [0.4, 0.5) is 5.69 Å². The fourth-order valence-corrected chi connectivity index (χ4v) is 4.51. The third kappa shape index (κ3) is 5.84. The zero-order valence-electron chi connectivity index (χ0n) is 19.7. The molecule has 1 aliphatic rings. The topological polar surface area (TPSA) is 58.6 Å². The predicted molar refractivity (Wildman–Crippen MR) is 135 cm³/mol. The molecular formula is C29H32N2O3. The highest BCUT2D eigenvalue weighted by atomic mass is 16.5. The van der Waals surface area contributed by atoms with Crippen LogP contribution >= 0.6 is 0 Å². The van der Waals surface area contributed by atoms with Crippen molar-refractivity contribution in [2.45, 2.75) is 38.6 Å². The second kappa shape index (κ2) is 11.5. The lowest BCUT2D eigenvalue weighted by atomic mass is 9.95. The lowest BCUT2D eigenvalue weighted by Gasteiger charge is -2.33. The van der Waals surface area contributed by atoms with E-state index in [1.165, 1.54) is 24.9 Å². The Labute approximate surface area is 201 Å². The van der Waals surface area contributed by atoms with Crippen molar-refractivity contribution in [1.29, 1.82) is 0 Å². The second-order valence-corrected chi connectivity index (χ2v) is 8.61. The quantitative estimate of drug-likeness (QED) is 0.467. The van der Waals surface area contributed by atoms with Crippen molar-refractivity contribution in [3.63, 3.8) is 0 Å². The average Bonchev–Trinajstić information content (AvgIpc) is 2.89. The Balaban J connectivity index is 1.55. The molecule has 0 radical (unpaired) electrons. The van der Waals surface area contributed by atoms with Crippen LogP contribution in [0.3, 0.4) is 0 Å². The largest absolute Gasteiger partial charge is 0.462 e. The molecule has 34 heavy (non-hydrogen) atoms. The van der Waals surface area contributed by atoms with E-state index in [0.29, 0.717) is 12.2 Å². The van der Waals surface area contributed by atoms with Crippen molar-refractivity contribution < 1.29 is 14.3 Å². The Morgan fingerprint density at radius 2 is 1.56 bits per heavy atom. The van der Waals surface area contributed by atoms with Crippen LogP contribution in [-0.4, -0.2) is 31.6 Å². The van der Waals surface area contributed by atoms with Gasteiger partial charge >= 0.3 is 5.97 Å². The van der Waals surface area contributed by atoms with Crippen LogP contribution in [-0.2, 0) is 16.0 Å². The van der Waals surface area contributed by atoms with Gasteiger partial charge in [-0.15, -0.1) is 0 Å². The van der Waals surface area contributed by atoms with Crippen LogP contribution < -0.4 is 10.2 Å². The summed E-state index contributed by atoms with van der Waals surface area (Å²) in [5, 5.41) is 3.28. The third-order valence-corrected chi connectivity index (χ3v) is 6.21. The van der Waals surface area contributed by atoms with Crippen LogP contribution in [0.25, 0.3) is 0 Å². The van der Waals surface area contributed by atoms with E-state index in [1.807, 2.05) is 36.4 Å². The van der Waals surface area contributed by atoms with E-state index in [2.05, 4.69) is 40.5 Å². The molecule has 0 bridgehead atoms. The first-order valence-corrected chi connectivity index (χ1v) is 12.1. The number of rotatable bonds is 8. The van der Waals surface area contributed by atoms with Gasteiger partial charge in [0.2, 0.25) is 5.91 Å². The summed E-state index contributed by atoms with van der Waals surface area (Å²) in [7, 11) is 0. The Morgan fingerprint density at radius 1 is 0.882 bits per heavy atom. The lowest BCUT2D eigenvalue weighted by Crippen LogP contribution is -2.34. The number of hydrogen-bond donors (Lipinski definition) is 1. The lowest BCUT2D eigenvalue weighted by molar-refractivity contribution is -0.120. The van der Waals surface area contributed by atoms with Crippen LogP contribution in [0.2, 0.25) is 0 Å². The zero-order valence-corrected chi connectivity index (χ0v) is 19.7. The molecule has 0 aromatic heterocycles. The number of carbonyl (C=O) groups is 2. The van der Waals surface area contributed by atoms with Gasteiger partial charge in [-0.2, -0.15) is 0 Å². The van der Waals surface area contributed by atoms with Crippen LogP contribution in [0.1, 0.15) is 59.3 Å². The van der Waals surface area contributed by atoms with Gasteiger partial charge in [0.25, 0.3) is 0 Å². The number of amides is 1. The highest BCUT2D eigenvalue weighted by Gasteiger charge is 2.23. The molecule has 3 aromatic rings. The van der Waals surface area contributed by atoms with Gasteiger partial charge in [-0.05, 0) is 55.5 Å². The van der Waals surface area contributed by atoms with E-state index in [9.17, 15) is 9.59 Å². The Kier molecular flexibility index (Phi) is 7.97. The zero-order chi connectivity index (χ0) is 23.8. The second-order valence-electron chi connectivity index (χ2n) is 8.61. The van der Waals surface area contributed by atoms with Crippen molar-refractivity contribution >= 4 is 17.6 Å². The molecule has 0 spiro atoms. The number of ether oxygens (including phenoxy) is 1. The van der Waals surface area contributed by atoms with Gasteiger partial charge in [0.1, 0.15) is 0 Å². The maximum absolute atomic E-state index is 13.2. The molecule has 0 aliphatic carbocycles. The number of carbonyl (C=O) groups excluding carboxylic acids is 2.